The van der Waals surface area contributed by atoms with Gasteiger partial charge in [0, 0.05) is 25.6 Å². The number of hydrogen-bond donors (Lipinski definition) is 0. The molecule has 1 aromatic heterocycles. The lowest BCUT2D eigenvalue weighted by atomic mass is 9.69. The first kappa shape index (κ1) is 34.5. The largest absolute Gasteiger partial charge is 0.460 e. The van der Waals surface area contributed by atoms with Crippen LogP contribution in [0.5, 0.6) is 0 Å². The highest BCUT2D eigenvalue weighted by Gasteiger charge is 2.42. The molecular weight excluding hydrogens is 633 g/mol. The van der Waals surface area contributed by atoms with Crippen molar-refractivity contribution in [2.24, 2.45) is 11.3 Å². The van der Waals surface area contributed by atoms with Crippen LogP contribution in [-0.4, -0.2) is 40.2 Å². The lowest BCUT2D eigenvalue weighted by Crippen LogP contribution is -2.35. The van der Waals surface area contributed by atoms with Crippen LogP contribution in [0.25, 0.3) is 11.0 Å². The van der Waals surface area contributed by atoms with Crippen molar-refractivity contribution in [3.05, 3.63) is 124 Å². The zero-order valence-electron chi connectivity index (χ0n) is 29.3. The maximum Gasteiger partial charge on any atom is 0.312 e. The van der Waals surface area contributed by atoms with Crippen LogP contribution in [0.2, 0.25) is 0 Å². The number of rotatable bonds is 10. The average molecular weight is 679 g/mol. The van der Waals surface area contributed by atoms with E-state index in [1.807, 2.05) is 93.9 Å². The molecule has 5 aromatic rings. The molecule has 0 spiro atoms. The quantitative estimate of drug-likeness (QED) is 0.140. The zero-order valence-corrected chi connectivity index (χ0v) is 30.1. The number of nitrogens with zero attached hydrogens (tertiary/aromatic N) is 4. The van der Waals surface area contributed by atoms with Gasteiger partial charge in [-0.1, -0.05) is 91.4 Å². The molecule has 2 heterocycles. The predicted molar refractivity (Wildman–Crippen MR) is 193 cm³/mol. The first-order chi connectivity index (χ1) is 23.4. The van der Waals surface area contributed by atoms with Gasteiger partial charge in [-0.3, -0.25) is 4.79 Å². The van der Waals surface area contributed by atoms with Crippen molar-refractivity contribution in [3.63, 3.8) is 0 Å². The molecule has 0 aliphatic carbocycles. The second-order valence-electron chi connectivity index (χ2n) is 13.8. The normalized spacial score (nSPS) is 17.0. The minimum absolute atomic E-state index is 0.171. The molecule has 0 amide bonds. The van der Waals surface area contributed by atoms with Gasteiger partial charge in [0.05, 0.1) is 15.8 Å². The monoisotopic (exact) mass is 678 g/mol. The van der Waals surface area contributed by atoms with E-state index < -0.39 is 21.4 Å². The molecule has 8 nitrogen and oxygen atoms in total. The Morgan fingerprint density at radius 1 is 0.980 bits per heavy atom. The summed E-state index contributed by atoms with van der Waals surface area (Å²) >= 11 is 0. The number of carbonyl (C=O) groups is 1. The van der Waals surface area contributed by atoms with Gasteiger partial charge in [-0.05, 0) is 98.0 Å². The van der Waals surface area contributed by atoms with Crippen LogP contribution >= 0.6 is 0 Å². The van der Waals surface area contributed by atoms with Gasteiger partial charge in [-0.2, -0.15) is 4.31 Å². The smallest absolute Gasteiger partial charge is 0.312 e. The van der Waals surface area contributed by atoms with Crippen LogP contribution in [0.4, 0.5) is 0 Å². The fraction of sp³-hybridized carbons (Fsp3) is 0.375. The zero-order chi connectivity index (χ0) is 34.9. The molecule has 0 radical (unpaired) electrons. The molecular formula is C40H46N4O4S. The van der Waals surface area contributed by atoms with E-state index in [4.69, 9.17) is 4.74 Å². The van der Waals surface area contributed by atoms with E-state index in [1.165, 1.54) is 0 Å². The van der Waals surface area contributed by atoms with Gasteiger partial charge < -0.3 is 4.74 Å². The standard InChI is InChI=1S/C40H46N4O4S/c1-7-29-22-31-16-12-13-17-36(31)49(46,47)43(24-29)25-33-23-32(19-18-27(33)3)37(34-20-21-35-38(28(34)4)41-42-44(35)8-2)40(5,6)39(45)48-26-30-14-10-9-11-15-30/h9-21,23,29,37H,7-8,22,24-26H2,1-6H3/t29-,37-/m0/s1. The number of benzene rings is 4. The minimum atomic E-state index is -3.73. The predicted octanol–water partition coefficient (Wildman–Crippen LogP) is 7.74. The maximum atomic E-state index is 14.1. The van der Waals surface area contributed by atoms with E-state index in [0.717, 1.165) is 62.8 Å². The Hall–Kier alpha value is -4.34. The molecule has 2 atom stereocenters. The van der Waals surface area contributed by atoms with Crippen LogP contribution in [0, 0.1) is 25.2 Å². The van der Waals surface area contributed by atoms with Crippen molar-refractivity contribution < 1.29 is 17.9 Å². The van der Waals surface area contributed by atoms with Crippen LogP contribution < -0.4 is 0 Å². The lowest BCUT2D eigenvalue weighted by molar-refractivity contribution is -0.156. The Labute approximate surface area is 290 Å². The number of sulfonamides is 1. The van der Waals surface area contributed by atoms with Crippen molar-refractivity contribution in [2.45, 2.75) is 84.9 Å². The summed E-state index contributed by atoms with van der Waals surface area (Å²) in [5.41, 5.74) is 7.24. The number of esters is 1. The van der Waals surface area contributed by atoms with E-state index in [9.17, 15) is 13.2 Å². The van der Waals surface area contributed by atoms with Gasteiger partial charge in [-0.15, -0.1) is 5.10 Å². The summed E-state index contributed by atoms with van der Waals surface area (Å²) in [6, 6.07) is 27.4. The van der Waals surface area contributed by atoms with E-state index >= 15 is 0 Å². The molecule has 256 valence electrons. The van der Waals surface area contributed by atoms with Crippen molar-refractivity contribution in [1.82, 2.24) is 19.3 Å². The minimum Gasteiger partial charge on any atom is -0.460 e. The second kappa shape index (κ2) is 13.9. The number of aromatic nitrogens is 3. The van der Waals surface area contributed by atoms with E-state index in [2.05, 4.69) is 35.4 Å². The molecule has 0 saturated carbocycles. The fourth-order valence-corrected chi connectivity index (χ4v) is 8.95. The molecule has 0 fully saturated rings. The Morgan fingerprint density at radius 3 is 2.45 bits per heavy atom. The highest BCUT2D eigenvalue weighted by atomic mass is 32.2. The molecule has 0 saturated heterocycles. The molecule has 0 N–H and O–H groups in total. The van der Waals surface area contributed by atoms with Gasteiger partial charge in [-0.25, -0.2) is 13.1 Å². The third-order valence-corrected chi connectivity index (χ3v) is 12.2. The van der Waals surface area contributed by atoms with Crippen molar-refractivity contribution in [1.29, 1.82) is 0 Å². The van der Waals surface area contributed by atoms with Crippen molar-refractivity contribution in [2.75, 3.05) is 6.54 Å². The third-order valence-electron chi connectivity index (χ3n) is 10.2. The Bertz CT molecular complexity index is 2090. The van der Waals surface area contributed by atoms with Gasteiger partial charge in [0.25, 0.3) is 0 Å². The van der Waals surface area contributed by atoms with Crippen LogP contribution in [0.15, 0.2) is 89.8 Å². The van der Waals surface area contributed by atoms with Gasteiger partial charge in [0.2, 0.25) is 10.0 Å². The first-order valence-electron chi connectivity index (χ1n) is 17.2. The molecule has 4 aromatic carbocycles. The summed E-state index contributed by atoms with van der Waals surface area (Å²) in [5.74, 6) is -0.535. The van der Waals surface area contributed by atoms with E-state index in [1.54, 1.807) is 16.4 Å². The molecule has 0 bridgehead atoms. The van der Waals surface area contributed by atoms with Gasteiger partial charge in [0.1, 0.15) is 12.1 Å². The van der Waals surface area contributed by atoms with Crippen LogP contribution in [0.3, 0.4) is 0 Å². The van der Waals surface area contributed by atoms with E-state index in [-0.39, 0.29) is 25.0 Å². The molecule has 1 aliphatic rings. The highest BCUT2D eigenvalue weighted by molar-refractivity contribution is 7.89. The summed E-state index contributed by atoms with van der Waals surface area (Å²) in [6.07, 6.45) is 1.61. The molecule has 0 unspecified atom stereocenters. The number of carbonyl (C=O) groups excluding carboxylic acids is 1. The van der Waals surface area contributed by atoms with Gasteiger partial charge in [0.15, 0.2) is 0 Å². The number of aryl methyl sites for hydroxylation is 3. The summed E-state index contributed by atoms with van der Waals surface area (Å²) in [6.45, 7) is 13.6. The average Bonchev–Trinajstić information content (AvgIpc) is 3.49. The highest BCUT2D eigenvalue weighted by Crippen LogP contribution is 2.45. The summed E-state index contributed by atoms with van der Waals surface area (Å²) in [4.78, 5) is 14.5. The Balaban J connectivity index is 1.43. The van der Waals surface area contributed by atoms with Crippen LogP contribution in [-0.2, 0) is 45.7 Å². The lowest BCUT2D eigenvalue weighted by Gasteiger charge is -2.35. The first-order valence-corrected chi connectivity index (χ1v) is 18.6. The SMILES string of the molecule is CC[C@H]1Cc2ccccc2S(=O)(=O)N(Cc2cc([C@@H](c3ccc4c(nnn4CC)c3C)C(C)(C)C(=O)OCc3ccccc3)ccc2C)C1. The molecule has 6 rings (SSSR count). The molecule has 49 heavy (non-hydrogen) atoms. The van der Waals surface area contributed by atoms with Crippen molar-refractivity contribution in [3.8, 4) is 0 Å². The fourth-order valence-electron chi connectivity index (χ4n) is 7.22. The van der Waals surface area contributed by atoms with E-state index in [0.29, 0.717) is 18.0 Å². The second-order valence-corrected chi connectivity index (χ2v) is 15.7. The van der Waals surface area contributed by atoms with Crippen LogP contribution in [0.1, 0.15) is 79.0 Å². The maximum absolute atomic E-state index is 14.1. The summed E-state index contributed by atoms with van der Waals surface area (Å²) < 4.78 is 37.7. The third kappa shape index (κ3) is 6.66. The Kier molecular flexibility index (Phi) is 9.78. The summed E-state index contributed by atoms with van der Waals surface area (Å²) in [7, 11) is -3.73. The summed E-state index contributed by atoms with van der Waals surface area (Å²) in [5, 5.41) is 8.88. The topological polar surface area (TPSA) is 94.4 Å². The Morgan fingerprint density at radius 2 is 1.71 bits per heavy atom. The molecule has 9 heteroatoms. The van der Waals surface area contributed by atoms with Crippen molar-refractivity contribution >= 4 is 27.0 Å². The molecule has 1 aliphatic heterocycles. The number of hydrogen-bond acceptors (Lipinski definition) is 6. The number of ether oxygens (including phenoxy) is 1. The number of fused-ring (bicyclic) bond motifs is 2. The van der Waals surface area contributed by atoms with Gasteiger partial charge >= 0.3 is 5.97 Å².